The van der Waals surface area contributed by atoms with Crippen molar-refractivity contribution in [3.63, 3.8) is 0 Å². The van der Waals surface area contributed by atoms with E-state index >= 15 is 0 Å². The first kappa shape index (κ1) is 28.6. The van der Waals surface area contributed by atoms with Crippen LogP contribution in [0.15, 0.2) is 97.1 Å². The first-order valence-corrected chi connectivity index (χ1v) is 13.8. The van der Waals surface area contributed by atoms with E-state index in [0.29, 0.717) is 16.9 Å². The number of pyridine rings is 1. The summed E-state index contributed by atoms with van der Waals surface area (Å²) in [5, 5.41) is 21.1. The van der Waals surface area contributed by atoms with E-state index in [0.717, 1.165) is 33.1 Å². The van der Waals surface area contributed by atoms with Gasteiger partial charge in [0.15, 0.2) is 0 Å². The van der Waals surface area contributed by atoms with Gasteiger partial charge in [0.25, 0.3) is 0 Å². The second-order valence-corrected chi connectivity index (χ2v) is 11.1. The van der Waals surface area contributed by atoms with Crippen LogP contribution in [0.4, 0.5) is 21.9 Å². The van der Waals surface area contributed by atoms with Crippen LogP contribution in [-0.4, -0.2) is 33.7 Å². The van der Waals surface area contributed by atoms with Gasteiger partial charge in [0.2, 0.25) is 5.91 Å². The van der Waals surface area contributed by atoms with Crippen LogP contribution in [-0.2, 0) is 22.6 Å². The molecule has 0 aliphatic heterocycles. The molecule has 0 bridgehead atoms. The number of para-hydroxylation sites is 2. The fraction of sp³-hybridized carbons (Fsp3) is 0.206. The van der Waals surface area contributed by atoms with Gasteiger partial charge in [-0.05, 0) is 62.2 Å². The number of benzene rings is 4. The molecule has 4 N–H and O–H groups in total. The molecule has 42 heavy (non-hydrogen) atoms. The molecule has 0 saturated carbocycles. The van der Waals surface area contributed by atoms with Crippen molar-refractivity contribution < 1.29 is 19.4 Å². The van der Waals surface area contributed by atoms with Gasteiger partial charge in [0.1, 0.15) is 11.6 Å². The molecule has 1 aromatic heterocycles. The quantitative estimate of drug-likeness (QED) is 0.157. The summed E-state index contributed by atoms with van der Waals surface area (Å²) in [7, 11) is 0. The lowest BCUT2D eigenvalue weighted by molar-refractivity contribution is -0.118. The number of aliphatic hydroxyl groups is 1. The zero-order chi connectivity index (χ0) is 29.7. The van der Waals surface area contributed by atoms with E-state index in [4.69, 9.17) is 9.72 Å². The molecular weight excluding hydrogens is 528 g/mol. The number of carbonyl (C=O) groups excluding carboxylic acids is 2. The number of amides is 2. The number of rotatable bonds is 8. The summed E-state index contributed by atoms with van der Waals surface area (Å²) in [6.45, 7) is 5.08. The minimum absolute atomic E-state index is 0.222. The Morgan fingerprint density at radius 3 is 2.02 bits per heavy atom. The Balaban J connectivity index is 1.45. The number of aromatic nitrogens is 1. The van der Waals surface area contributed by atoms with Gasteiger partial charge >= 0.3 is 6.09 Å². The fourth-order valence-electron chi connectivity index (χ4n) is 4.78. The largest absolute Gasteiger partial charge is 0.444 e. The molecule has 0 saturated heterocycles. The van der Waals surface area contributed by atoms with Gasteiger partial charge in [0.05, 0.1) is 23.3 Å². The van der Waals surface area contributed by atoms with Crippen LogP contribution >= 0.6 is 0 Å². The van der Waals surface area contributed by atoms with Gasteiger partial charge in [-0.2, -0.15) is 0 Å². The van der Waals surface area contributed by atoms with Crippen LogP contribution in [0.1, 0.15) is 31.9 Å². The number of ether oxygens (including phenoxy) is 1. The van der Waals surface area contributed by atoms with E-state index < -0.39 is 23.6 Å². The van der Waals surface area contributed by atoms with Crippen LogP contribution < -0.4 is 16.0 Å². The molecule has 0 fully saturated rings. The van der Waals surface area contributed by atoms with E-state index in [2.05, 4.69) is 16.0 Å². The van der Waals surface area contributed by atoms with E-state index in [1.54, 1.807) is 32.9 Å². The highest BCUT2D eigenvalue weighted by Gasteiger charge is 2.25. The predicted octanol–water partition coefficient (Wildman–Crippen LogP) is 6.70. The molecule has 4 aromatic carbocycles. The average Bonchev–Trinajstić information content (AvgIpc) is 2.96. The molecule has 5 rings (SSSR count). The van der Waals surface area contributed by atoms with E-state index in [9.17, 15) is 14.7 Å². The zero-order valence-corrected chi connectivity index (χ0v) is 23.8. The van der Waals surface area contributed by atoms with Crippen molar-refractivity contribution in [2.24, 2.45) is 0 Å². The molecule has 1 heterocycles. The number of carbonyl (C=O) groups is 2. The second kappa shape index (κ2) is 12.3. The first-order valence-electron chi connectivity index (χ1n) is 13.8. The monoisotopic (exact) mass is 562 g/mol. The number of hydrogen-bond acceptors (Lipinski definition) is 6. The summed E-state index contributed by atoms with van der Waals surface area (Å²) in [4.78, 5) is 31.0. The lowest BCUT2D eigenvalue weighted by atomic mass is 10.0. The van der Waals surface area contributed by atoms with E-state index in [1.165, 1.54) is 0 Å². The molecule has 2 amide bonds. The lowest BCUT2D eigenvalue weighted by Crippen LogP contribution is -2.47. The van der Waals surface area contributed by atoms with Crippen molar-refractivity contribution in [3.05, 3.63) is 108 Å². The molecular formula is C34H34N4O4. The molecule has 0 unspecified atom stereocenters. The fourth-order valence-corrected chi connectivity index (χ4v) is 4.78. The summed E-state index contributed by atoms with van der Waals surface area (Å²) < 4.78 is 5.42. The third kappa shape index (κ3) is 7.03. The zero-order valence-electron chi connectivity index (χ0n) is 23.8. The average molecular weight is 563 g/mol. The van der Waals surface area contributed by atoms with Crippen molar-refractivity contribution in [1.29, 1.82) is 0 Å². The van der Waals surface area contributed by atoms with E-state index in [1.807, 2.05) is 84.9 Å². The van der Waals surface area contributed by atoms with Crippen molar-refractivity contribution in [2.45, 2.75) is 45.4 Å². The Hall–Kier alpha value is -4.95. The smallest absolute Gasteiger partial charge is 0.408 e. The number of aliphatic hydroxyl groups excluding tert-OH is 1. The molecule has 1 atom stereocenters. The van der Waals surface area contributed by atoms with Crippen LogP contribution in [0.5, 0.6) is 0 Å². The van der Waals surface area contributed by atoms with Gasteiger partial charge in [-0.15, -0.1) is 0 Å². The van der Waals surface area contributed by atoms with Crippen LogP contribution in [0.25, 0.3) is 21.8 Å². The van der Waals surface area contributed by atoms with Gasteiger partial charge in [0, 0.05) is 28.6 Å². The first-order chi connectivity index (χ1) is 20.2. The minimum atomic E-state index is -0.899. The molecule has 214 valence electrons. The van der Waals surface area contributed by atoms with Gasteiger partial charge < -0.3 is 25.8 Å². The third-order valence-corrected chi connectivity index (χ3v) is 6.59. The van der Waals surface area contributed by atoms with Crippen molar-refractivity contribution in [1.82, 2.24) is 10.3 Å². The standard InChI is InChI=1S/C34H34N4O4/c1-34(2,3)42-33(41)38-30(19-22-11-5-4-6-12-22)32(40)36-25-18-23(21-39)17-24(20-25)35-31-26-13-7-9-15-28(26)37-29-16-10-8-14-27(29)31/h4-18,20,30,39H,19,21H2,1-3H3,(H,35,37)(H,36,40)(H,38,41)/t30-/m0/s1. The topological polar surface area (TPSA) is 113 Å². The highest BCUT2D eigenvalue weighted by Crippen LogP contribution is 2.34. The Kier molecular flexibility index (Phi) is 8.36. The van der Waals surface area contributed by atoms with Gasteiger partial charge in [-0.3, -0.25) is 4.79 Å². The van der Waals surface area contributed by atoms with Crippen molar-refractivity contribution in [3.8, 4) is 0 Å². The van der Waals surface area contributed by atoms with Crippen molar-refractivity contribution in [2.75, 3.05) is 10.6 Å². The summed E-state index contributed by atoms with van der Waals surface area (Å²) in [6, 6.07) is 29.7. The number of anilines is 3. The summed E-state index contributed by atoms with van der Waals surface area (Å²) in [5.41, 5.74) is 4.50. The Morgan fingerprint density at radius 1 is 0.810 bits per heavy atom. The molecule has 0 aliphatic rings. The summed E-state index contributed by atoms with van der Waals surface area (Å²) in [6.07, 6.45) is -0.410. The lowest BCUT2D eigenvalue weighted by Gasteiger charge is -2.23. The minimum Gasteiger partial charge on any atom is -0.444 e. The Morgan fingerprint density at radius 2 is 1.40 bits per heavy atom. The Bertz CT molecular complexity index is 1680. The highest BCUT2D eigenvalue weighted by atomic mass is 16.6. The van der Waals surface area contributed by atoms with Crippen LogP contribution in [0.2, 0.25) is 0 Å². The van der Waals surface area contributed by atoms with Crippen LogP contribution in [0.3, 0.4) is 0 Å². The van der Waals surface area contributed by atoms with Gasteiger partial charge in [-0.25, -0.2) is 9.78 Å². The molecule has 0 radical (unpaired) electrons. The number of fused-ring (bicyclic) bond motifs is 2. The van der Waals surface area contributed by atoms with Gasteiger partial charge in [-0.1, -0.05) is 66.7 Å². The van der Waals surface area contributed by atoms with Crippen molar-refractivity contribution >= 4 is 50.9 Å². The number of nitrogens with one attached hydrogen (secondary N) is 3. The summed E-state index contributed by atoms with van der Waals surface area (Å²) >= 11 is 0. The second-order valence-electron chi connectivity index (χ2n) is 11.1. The molecule has 0 aliphatic carbocycles. The maximum atomic E-state index is 13.6. The SMILES string of the molecule is CC(C)(C)OC(=O)N[C@@H](Cc1ccccc1)C(=O)Nc1cc(CO)cc(Nc2c3ccccc3nc3ccccc23)c1. The number of nitrogens with zero attached hydrogens (tertiary/aromatic N) is 1. The molecule has 0 spiro atoms. The van der Waals surface area contributed by atoms with E-state index in [-0.39, 0.29) is 13.0 Å². The maximum absolute atomic E-state index is 13.6. The van der Waals surface area contributed by atoms with Crippen LogP contribution in [0, 0.1) is 0 Å². The Labute approximate surface area is 244 Å². The maximum Gasteiger partial charge on any atom is 0.408 e. The molecule has 8 heteroatoms. The number of hydrogen-bond donors (Lipinski definition) is 4. The third-order valence-electron chi connectivity index (χ3n) is 6.59. The number of alkyl carbamates (subject to hydrolysis) is 1. The highest BCUT2D eigenvalue weighted by molar-refractivity contribution is 6.08. The predicted molar refractivity (Wildman–Crippen MR) is 167 cm³/mol. The molecule has 8 nitrogen and oxygen atoms in total. The molecule has 5 aromatic rings. The normalized spacial score (nSPS) is 12.1. The summed E-state index contributed by atoms with van der Waals surface area (Å²) in [5.74, 6) is -0.412.